The first kappa shape index (κ1) is 9.05. The molecule has 0 bridgehead atoms. The maximum atomic E-state index is 5.81. The van der Waals surface area contributed by atoms with Gasteiger partial charge in [-0.25, -0.2) is 4.31 Å². The van der Waals surface area contributed by atoms with Crippen LogP contribution < -0.4 is 11.5 Å². The van der Waals surface area contributed by atoms with E-state index in [0.717, 1.165) is 19.4 Å². The second kappa shape index (κ2) is 3.57. The summed E-state index contributed by atoms with van der Waals surface area (Å²) in [6.45, 7) is 1.01. The van der Waals surface area contributed by atoms with E-state index in [-0.39, 0.29) is 0 Å². The van der Waals surface area contributed by atoms with Gasteiger partial charge in [0.1, 0.15) is 5.79 Å². The van der Waals surface area contributed by atoms with Crippen molar-refractivity contribution >= 4 is 30.3 Å². The van der Waals surface area contributed by atoms with Crippen LogP contribution in [0, 0.1) is 0 Å². The van der Waals surface area contributed by atoms with Crippen LogP contribution in [-0.4, -0.2) is 16.6 Å². The van der Waals surface area contributed by atoms with Gasteiger partial charge in [-0.2, -0.15) is 0 Å². The smallest absolute Gasteiger partial charge is 0.130 e. The molecule has 0 unspecified atom stereocenters. The maximum absolute atomic E-state index is 5.81. The minimum Gasteiger partial charge on any atom is -0.300 e. The monoisotopic (exact) mass is 273 g/mol. The van der Waals surface area contributed by atoms with Gasteiger partial charge in [0.25, 0.3) is 0 Å². The SMILES string of the molecule is NC1(N)CCCCN1SI. The average Bonchev–Trinajstić information content (AvgIpc) is 1.87. The van der Waals surface area contributed by atoms with Crippen LogP contribution in [0.4, 0.5) is 0 Å². The molecule has 4 N–H and O–H groups in total. The molecule has 0 aliphatic carbocycles. The molecule has 1 fully saturated rings. The molecule has 1 heterocycles. The van der Waals surface area contributed by atoms with E-state index in [1.165, 1.54) is 6.42 Å². The summed E-state index contributed by atoms with van der Waals surface area (Å²) in [5.41, 5.74) is 11.6. The third kappa shape index (κ3) is 1.97. The van der Waals surface area contributed by atoms with Crippen molar-refractivity contribution in [3.63, 3.8) is 0 Å². The van der Waals surface area contributed by atoms with Crippen LogP contribution in [0.25, 0.3) is 0 Å². The van der Waals surface area contributed by atoms with Crippen LogP contribution in [0.2, 0.25) is 0 Å². The zero-order valence-corrected chi connectivity index (χ0v) is 8.69. The van der Waals surface area contributed by atoms with Gasteiger partial charge in [-0.3, -0.25) is 0 Å². The lowest BCUT2D eigenvalue weighted by atomic mass is 10.1. The predicted octanol–water partition coefficient (Wildman–Crippen LogP) is 1.04. The fourth-order valence-electron chi connectivity index (χ4n) is 1.10. The fraction of sp³-hybridized carbons (Fsp3) is 1.00. The Labute approximate surface area is 77.6 Å². The molecule has 0 aromatic heterocycles. The van der Waals surface area contributed by atoms with E-state index in [9.17, 15) is 0 Å². The largest absolute Gasteiger partial charge is 0.300 e. The van der Waals surface area contributed by atoms with Gasteiger partial charge in [-0.1, -0.05) is 0 Å². The molecular formula is C5H12IN3S. The molecular weight excluding hydrogens is 261 g/mol. The molecule has 3 nitrogen and oxygen atoms in total. The van der Waals surface area contributed by atoms with Crippen LogP contribution in [0.3, 0.4) is 0 Å². The Hall–Kier alpha value is 0.960. The van der Waals surface area contributed by atoms with E-state index in [1.54, 1.807) is 9.12 Å². The first-order chi connectivity index (χ1) is 4.67. The molecule has 0 saturated carbocycles. The first-order valence-corrected chi connectivity index (χ1v) is 6.62. The summed E-state index contributed by atoms with van der Waals surface area (Å²) in [5, 5.41) is 0. The molecule has 0 spiro atoms. The van der Waals surface area contributed by atoms with E-state index in [4.69, 9.17) is 11.5 Å². The van der Waals surface area contributed by atoms with Gasteiger partial charge in [-0.15, -0.1) is 0 Å². The molecule has 0 aromatic carbocycles. The molecule has 0 atom stereocenters. The van der Waals surface area contributed by atoms with Crippen molar-refractivity contribution in [3.05, 3.63) is 0 Å². The summed E-state index contributed by atoms with van der Waals surface area (Å²) in [6, 6.07) is 0. The molecule has 1 aliphatic heterocycles. The zero-order valence-electron chi connectivity index (χ0n) is 5.72. The van der Waals surface area contributed by atoms with Gasteiger partial charge in [0.2, 0.25) is 0 Å². The van der Waals surface area contributed by atoms with Gasteiger partial charge in [0.05, 0.1) is 0 Å². The van der Waals surface area contributed by atoms with E-state index >= 15 is 0 Å². The zero-order chi connectivity index (χ0) is 7.61. The topological polar surface area (TPSA) is 55.3 Å². The number of hydrogen-bond acceptors (Lipinski definition) is 4. The number of nitrogens with zero attached hydrogens (tertiary/aromatic N) is 1. The van der Waals surface area contributed by atoms with Crippen molar-refractivity contribution in [2.24, 2.45) is 11.5 Å². The van der Waals surface area contributed by atoms with E-state index in [1.807, 2.05) is 4.31 Å². The minimum atomic E-state index is -0.565. The first-order valence-electron chi connectivity index (χ1n) is 3.31. The van der Waals surface area contributed by atoms with Crippen molar-refractivity contribution in [1.29, 1.82) is 0 Å². The van der Waals surface area contributed by atoms with Crippen LogP contribution >= 0.6 is 30.3 Å². The van der Waals surface area contributed by atoms with Crippen LogP contribution in [-0.2, 0) is 0 Å². The molecule has 60 valence electrons. The van der Waals surface area contributed by atoms with Gasteiger partial charge < -0.3 is 11.5 Å². The number of rotatable bonds is 1. The molecule has 1 rings (SSSR count). The Bertz CT molecular complexity index is 119. The van der Waals surface area contributed by atoms with Gasteiger partial charge in [0.15, 0.2) is 0 Å². The van der Waals surface area contributed by atoms with Crippen molar-refractivity contribution in [1.82, 2.24) is 4.31 Å². The third-order valence-electron chi connectivity index (χ3n) is 1.74. The van der Waals surface area contributed by atoms with Crippen LogP contribution in [0.15, 0.2) is 0 Å². The summed E-state index contributed by atoms with van der Waals surface area (Å²) >= 11 is 2.21. The number of halogens is 1. The van der Waals surface area contributed by atoms with Gasteiger partial charge in [0, 0.05) is 27.8 Å². The number of hydrogen-bond donors (Lipinski definition) is 2. The highest BCUT2D eigenvalue weighted by Crippen LogP contribution is 2.29. The van der Waals surface area contributed by atoms with Gasteiger partial charge >= 0.3 is 0 Å². The Kier molecular flexibility index (Phi) is 3.23. The maximum Gasteiger partial charge on any atom is 0.130 e. The molecule has 0 radical (unpaired) electrons. The number of nitrogens with two attached hydrogens (primary N) is 2. The minimum absolute atomic E-state index is 0.565. The Morgan fingerprint density at radius 1 is 1.40 bits per heavy atom. The Morgan fingerprint density at radius 3 is 2.50 bits per heavy atom. The molecule has 1 saturated heterocycles. The van der Waals surface area contributed by atoms with Crippen molar-refractivity contribution < 1.29 is 0 Å². The van der Waals surface area contributed by atoms with E-state index in [0.29, 0.717) is 0 Å². The lowest BCUT2D eigenvalue weighted by Gasteiger charge is -2.38. The standard InChI is InChI=1S/C5H12IN3S/c6-10-9-4-2-1-3-5(9,7)8/h1-4,7-8H2. The second-order valence-corrected chi connectivity index (χ2v) is 4.38. The molecule has 5 heteroatoms. The average molecular weight is 273 g/mol. The molecule has 0 aromatic rings. The Morgan fingerprint density at radius 2 is 2.10 bits per heavy atom. The molecule has 0 amide bonds. The summed E-state index contributed by atoms with van der Waals surface area (Å²) < 4.78 is 2.04. The van der Waals surface area contributed by atoms with Gasteiger partial charge in [-0.05, 0) is 28.4 Å². The summed E-state index contributed by atoms with van der Waals surface area (Å²) in [6.07, 6.45) is 3.27. The molecule has 1 aliphatic rings. The quantitative estimate of drug-likeness (QED) is 0.426. The summed E-state index contributed by atoms with van der Waals surface area (Å²) in [4.78, 5) is 0. The van der Waals surface area contributed by atoms with Crippen molar-refractivity contribution in [3.8, 4) is 0 Å². The lowest BCUT2D eigenvalue weighted by molar-refractivity contribution is 0.161. The predicted molar refractivity (Wildman–Crippen MR) is 53.3 cm³/mol. The second-order valence-electron chi connectivity index (χ2n) is 2.62. The van der Waals surface area contributed by atoms with Crippen LogP contribution in [0.1, 0.15) is 19.3 Å². The lowest BCUT2D eigenvalue weighted by Crippen LogP contribution is -2.62. The van der Waals surface area contributed by atoms with Crippen LogP contribution in [0.5, 0.6) is 0 Å². The third-order valence-corrected chi connectivity index (χ3v) is 3.85. The van der Waals surface area contributed by atoms with Crippen molar-refractivity contribution in [2.75, 3.05) is 6.54 Å². The van der Waals surface area contributed by atoms with E-state index in [2.05, 4.69) is 21.2 Å². The highest BCUT2D eigenvalue weighted by atomic mass is 127. The fourth-order valence-corrected chi connectivity index (χ4v) is 3.20. The Balaban J connectivity index is 2.51. The highest BCUT2D eigenvalue weighted by molar-refractivity contribution is 14.2. The normalized spacial score (nSPS) is 26.7. The van der Waals surface area contributed by atoms with E-state index < -0.39 is 5.79 Å². The summed E-state index contributed by atoms with van der Waals surface area (Å²) in [5.74, 6) is -0.565. The van der Waals surface area contributed by atoms with Crippen molar-refractivity contribution in [2.45, 2.75) is 25.0 Å². The highest BCUT2D eigenvalue weighted by Gasteiger charge is 2.30. The summed E-state index contributed by atoms with van der Waals surface area (Å²) in [7, 11) is 1.61. The molecule has 10 heavy (non-hydrogen) atoms. The number of piperidine rings is 1.